The second-order valence-electron chi connectivity index (χ2n) is 4.64. The Kier molecular flexibility index (Phi) is 8.43. The summed E-state index contributed by atoms with van der Waals surface area (Å²) in [4.78, 5) is 4.01. The van der Waals surface area contributed by atoms with Crippen molar-refractivity contribution in [3.05, 3.63) is 30.1 Å². The molecule has 0 spiro atoms. The van der Waals surface area contributed by atoms with Gasteiger partial charge in [-0.3, -0.25) is 4.98 Å². The van der Waals surface area contributed by atoms with E-state index in [1.807, 2.05) is 12.4 Å². The Morgan fingerprint density at radius 2 is 2.06 bits per heavy atom. The van der Waals surface area contributed by atoms with E-state index in [2.05, 4.69) is 36.3 Å². The van der Waals surface area contributed by atoms with Crippen LogP contribution in [0.1, 0.15) is 38.7 Å². The predicted octanol–water partition coefficient (Wildman–Crippen LogP) is 2.81. The molecule has 1 aromatic heterocycles. The van der Waals surface area contributed by atoms with Crippen molar-refractivity contribution in [3.63, 3.8) is 0 Å². The SMILES string of the molecule is CCNCCCC(C)OCCCc1ccncc1. The maximum atomic E-state index is 5.80. The topological polar surface area (TPSA) is 34.1 Å². The van der Waals surface area contributed by atoms with Crippen LogP contribution in [0.2, 0.25) is 0 Å². The summed E-state index contributed by atoms with van der Waals surface area (Å²) in [6.07, 6.45) is 8.57. The number of rotatable bonds is 10. The number of nitrogens with zero attached hydrogens (tertiary/aromatic N) is 1. The van der Waals surface area contributed by atoms with E-state index in [0.29, 0.717) is 6.10 Å². The van der Waals surface area contributed by atoms with Gasteiger partial charge in [0.1, 0.15) is 0 Å². The lowest BCUT2D eigenvalue weighted by Gasteiger charge is -2.13. The molecule has 1 rings (SSSR count). The molecule has 1 heterocycles. The molecule has 1 aromatic rings. The molecule has 0 aliphatic heterocycles. The Labute approximate surface area is 111 Å². The number of nitrogens with one attached hydrogen (secondary N) is 1. The highest BCUT2D eigenvalue weighted by Crippen LogP contribution is 2.04. The predicted molar refractivity (Wildman–Crippen MR) is 75.7 cm³/mol. The van der Waals surface area contributed by atoms with Gasteiger partial charge in [0.15, 0.2) is 0 Å². The largest absolute Gasteiger partial charge is 0.378 e. The standard InChI is InChI=1S/C15H26N2O/c1-3-16-10-4-6-14(2)18-13-5-7-15-8-11-17-12-9-15/h8-9,11-12,14,16H,3-7,10,13H2,1-2H3. The van der Waals surface area contributed by atoms with Crippen molar-refractivity contribution in [2.45, 2.75) is 45.6 Å². The highest BCUT2D eigenvalue weighted by atomic mass is 16.5. The van der Waals surface area contributed by atoms with Gasteiger partial charge in [-0.05, 0) is 63.4 Å². The molecule has 0 aliphatic carbocycles. The van der Waals surface area contributed by atoms with Crippen molar-refractivity contribution < 1.29 is 4.74 Å². The van der Waals surface area contributed by atoms with Crippen LogP contribution in [0.4, 0.5) is 0 Å². The van der Waals surface area contributed by atoms with Gasteiger partial charge in [-0.1, -0.05) is 6.92 Å². The molecule has 3 heteroatoms. The molecule has 3 nitrogen and oxygen atoms in total. The van der Waals surface area contributed by atoms with Crippen molar-refractivity contribution in [1.29, 1.82) is 0 Å². The zero-order valence-corrected chi connectivity index (χ0v) is 11.7. The van der Waals surface area contributed by atoms with E-state index in [1.165, 1.54) is 12.0 Å². The number of pyridine rings is 1. The zero-order chi connectivity index (χ0) is 13.1. The highest BCUT2D eigenvalue weighted by Gasteiger charge is 2.01. The third-order valence-electron chi connectivity index (χ3n) is 2.98. The van der Waals surface area contributed by atoms with Crippen LogP contribution in [0.15, 0.2) is 24.5 Å². The number of ether oxygens (including phenoxy) is 1. The van der Waals surface area contributed by atoms with Crippen LogP contribution < -0.4 is 5.32 Å². The summed E-state index contributed by atoms with van der Waals surface area (Å²) >= 11 is 0. The summed E-state index contributed by atoms with van der Waals surface area (Å²) in [6.45, 7) is 7.31. The minimum Gasteiger partial charge on any atom is -0.378 e. The lowest BCUT2D eigenvalue weighted by Crippen LogP contribution is -2.17. The first kappa shape index (κ1) is 15.1. The Morgan fingerprint density at radius 3 is 2.78 bits per heavy atom. The third-order valence-corrected chi connectivity index (χ3v) is 2.98. The lowest BCUT2D eigenvalue weighted by atomic mass is 10.1. The number of hydrogen-bond acceptors (Lipinski definition) is 3. The second kappa shape index (κ2) is 10.0. The maximum absolute atomic E-state index is 5.80. The zero-order valence-electron chi connectivity index (χ0n) is 11.7. The highest BCUT2D eigenvalue weighted by molar-refractivity contribution is 5.09. The van der Waals surface area contributed by atoms with Gasteiger partial charge in [0.05, 0.1) is 6.10 Å². The molecule has 1 unspecified atom stereocenters. The summed E-state index contributed by atoms with van der Waals surface area (Å²) < 4.78 is 5.80. The molecule has 0 fully saturated rings. The normalized spacial score (nSPS) is 12.6. The average molecular weight is 250 g/mol. The molecule has 0 aliphatic rings. The summed E-state index contributed by atoms with van der Waals surface area (Å²) in [7, 11) is 0. The molecule has 0 amide bonds. The fourth-order valence-corrected chi connectivity index (χ4v) is 1.88. The van der Waals surface area contributed by atoms with Crippen molar-refractivity contribution in [2.75, 3.05) is 19.7 Å². The first-order chi connectivity index (χ1) is 8.83. The monoisotopic (exact) mass is 250 g/mol. The van der Waals surface area contributed by atoms with E-state index in [1.54, 1.807) is 0 Å². The van der Waals surface area contributed by atoms with Crippen molar-refractivity contribution in [1.82, 2.24) is 10.3 Å². The van der Waals surface area contributed by atoms with Gasteiger partial charge < -0.3 is 10.1 Å². The van der Waals surface area contributed by atoms with E-state index < -0.39 is 0 Å². The smallest absolute Gasteiger partial charge is 0.0547 e. The molecule has 18 heavy (non-hydrogen) atoms. The second-order valence-corrected chi connectivity index (χ2v) is 4.64. The van der Waals surface area contributed by atoms with Crippen LogP contribution in [0.25, 0.3) is 0 Å². The van der Waals surface area contributed by atoms with Gasteiger partial charge in [-0.25, -0.2) is 0 Å². The molecule has 1 atom stereocenters. The first-order valence-electron chi connectivity index (χ1n) is 7.04. The Morgan fingerprint density at radius 1 is 1.28 bits per heavy atom. The van der Waals surface area contributed by atoms with Gasteiger partial charge in [-0.2, -0.15) is 0 Å². The van der Waals surface area contributed by atoms with E-state index in [4.69, 9.17) is 4.74 Å². The molecule has 0 bridgehead atoms. The fourth-order valence-electron chi connectivity index (χ4n) is 1.88. The molecule has 0 saturated heterocycles. The summed E-state index contributed by atoms with van der Waals surface area (Å²) in [5.41, 5.74) is 1.34. The summed E-state index contributed by atoms with van der Waals surface area (Å²) in [5, 5.41) is 3.33. The van der Waals surface area contributed by atoms with Crippen LogP contribution in [-0.2, 0) is 11.2 Å². The van der Waals surface area contributed by atoms with Gasteiger partial charge >= 0.3 is 0 Å². The third kappa shape index (κ3) is 7.41. The summed E-state index contributed by atoms with van der Waals surface area (Å²) in [5.74, 6) is 0. The van der Waals surface area contributed by atoms with Crippen LogP contribution in [0.5, 0.6) is 0 Å². The minimum absolute atomic E-state index is 0.376. The Balaban J connectivity index is 1.97. The molecule has 0 aromatic carbocycles. The van der Waals surface area contributed by atoms with E-state index >= 15 is 0 Å². The quantitative estimate of drug-likeness (QED) is 0.648. The average Bonchev–Trinajstić information content (AvgIpc) is 2.41. The molecular formula is C15H26N2O. The molecule has 0 saturated carbocycles. The Bertz CT molecular complexity index is 290. The van der Waals surface area contributed by atoms with Crippen molar-refractivity contribution >= 4 is 0 Å². The van der Waals surface area contributed by atoms with Gasteiger partial charge in [0.25, 0.3) is 0 Å². The molecule has 1 N–H and O–H groups in total. The van der Waals surface area contributed by atoms with Gasteiger partial charge in [-0.15, -0.1) is 0 Å². The van der Waals surface area contributed by atoms with Crippen molar-refractivity contribution in [3.8, 4) is 0 Å². The van der Waals surface area contributed by atoms with E-state index in [-0.39, 0.29) is 0 Å². The van der Waals surface area contributed by atoms with E-state index in [9.17, 15) is 0 Å². The molecule has 102 valence electrons. The van der Waals surface area contributed by atoms with Crippen molar-refractivity contribution in [2.24, 2.45) is 0 Å². The van der Waals surface area contributed by atoms with E-state index in [0.717, 1.165) is 39.0 Å². The number of hydrogen-bond donors (Lipinski definition) is 1. The van der Waals surface area contributed by atoms with Crippen LogP contribution >= 0.6 is 0 Å². The molecular weight excluding hydrogens is 224 g/mol. The van der Waals surface area contributed by atoms with Crippen LogP contribution in [-0.4, -0.2) is 30.8 Å². The first-order valence-corrected chi connectivity index (χ1v) is 7.04. The lowest BCUT2D eigenvalue weighted by molar-refractivity contribution is 0.0575. The molecule has 0 radical (unpaired) electrons. The minimum atomic E-state index is 0.376. The van der Waals surface area contributed by atoms with Crippen LogP contribution in [0, 0.1) is 0 Å². The van der Waals surface area contributed by atoms with Gasteiger partial charge in [0, 0.05) is 19.0 Å². The summed E-state index contributed by atoms with van der Waals surface area (Å²) in [6, 6.07) is 4.14. The number of aryl methyl sites for hydroxylation is 1. The Hall–Kier alpha value is -0.930. The fraction of sp³-hybridized carbons (Fsp3) is 0.667. The maximum Gasteiger partial charge on any atom is 0.0547 e. The van der Waals surface area contributed by atoms with Gasteiger partial charge in [0.2, 0.25) is 0 Å². The van der Waals surface area contributed by atoms with Crippen LogP contribution in [0.3, 0.4) is 0 Å². The number of aromatic nitrogens is 1.